The molecule has 0 amide bonds. The van der Waals surface area contributed by atoms with Gasteiger partial charge in [0.05, 0.1) is 12.7 Å². The van der Waals surface area contributed by atoms with Gasteiger partial charge in [-0.3, -0.25) is 4.99 Å². The summed E-state index contributed by atoms with van der Waals surface area (Å²) in [5.41, 5.74) is 5.41. The summed E-state index contributed by atoms with van der Waals surface area (Å²) in [6, 6.07) is 8.57. The van der Waals surface area contributed by atoms with Crippen LogP contribution in [0.2, 0.25) is 0 Å². The standard InChI is InChI=1S/C21H33NO.C15H22NO.C3H6O3.C3H6O.CH3.Co/c1-20(2,3)16-12-15(14-22-17-10-8-7-9-11-17)19(23)18(13-16)21(4,5)6;1-14(2,3)11-7-10(9-16)13(17)12(8-11)15(4,5)6;1-2-6-3(4)5;1-3-2-4-3;;/h12-14,17,23H,7-11H2,1-6H3;7-9,17H,1-6H3;2H2,1H3,(H,4,5);3H,2H2,1H3;1H3;/q;-1;;;-1;+2/p-1. The molecular weight excluding hydrogens is 699 g/mol. The number of nitrogens with zero attached hydrogens (tertiary/aromatic N) is 2. The minimum atomic E-state index is -1.46. The Hall–Kier alpha value is -2.88. The molecule has 2 aliphatic rings. The topological polar surface area (TPSA) is 137 Å². The molecular formula is C43H69CoN2O6-. The van der Waals surface area contributed by atoms with Gasteiger partial charge in [-0.1, -0.05) is 114 Å². The normalized spacial score (nSPS) is 15.9. The second-order valence-corrected chi connectivity index (χ2v) is 17.4. The predicted molar refractivity (Wildman–Crippen MR) is 213 cm³/mol. The summed E-state index contributed by atoms with van der Waals surface area (Å²) in [6.07, 6.45) is 8.27. The van der Waals surface area contributed by atoms with Gasteiger partial charge in [0.1, 0.15) is 11.5 Å². The Morgan fingerprint density at radius 2 is 1.21 bits per heavy atom. The molecule has 2 aromatic rings. The third kappa shape index (κ3) is 18.2. The fourth-order valence-corrected chi connectivity index (χ4v) is 5.15. The minimum Gasteiger partial charge on any atom is -0.810 e. The van der Waals surface area contributed by atoms with Gasteiger partial charge in [-0.15, -0.1) is 0 Å². The molecule has 0 bridgehead atoms. The fraction of sp³-hybridized carbons (Fsp3) is 0.628. The number of benzene rings is 2. The second kappa shape index (κ2) is 21.7. The summed E-state index contributed by atoms with van der Waals surface area (Å²) in [5.74, 6) is 0.568. The first-order valence-corrected chi connectivity index (χ1v) is 18.0. The van der Waals surface area contributed by atoms with E-state index in [4.69, 9.17) is 9.73 Å². The maximum Gasteiger partial charge on any atom is 2.00 e. The number of epoxide rings is 1. The average Bonchev–Trinajstić information content (AvgIpc) is 3.77. The van der Waals surface area contributed by atoms with E-state index in [1.54, 1.807) is 6.92 Å². The molecule has 1 aliphatic carbocycles. The number of aliphatic imine (C=N–C) groups is 1. The Labute approximate surface area is 326 Å². The zero-order valence-electron chi connectivity index (χ0n) is 34.8. The number of aromatic hydroxyl groups is 2. The van der Waals surface area contributed by atoms with E-state index >= 15 is 0 Å². The molecule has 1 atom stereocenters. The van der Waals surface area contributed by atoms with Crippen LogP contribution in [0.5, 0.6) is 11.5 Å². The van der Waals surface area contributed by atoms with Crippen LogP contribution in [-0.4, -0.2) is 54.2 Å². The third-order valence-corrected chi connectivity index (χ3v) is 8.53. The Morgan fingerprint density at radius 3 is 1.50 bits per heavy atom. The number of carbonyl (C=O) groups is 1. The first kappa shape index (κ1) is 51.2. The van der Waals surface area contributed by atoms with E-state index in [0.717, 1.165) is 35.1 Å². The second-order valence-electron chi connectivity index (χ2n) is 17.4. The molecule has 0 aromatic heterocycles. The van der Waals surface area contributed by atoms with Crippen LogP contribution in [0.3, 0.4) is 0 Å². The largest absolute Gasteiger partial charge is 2.00 e. The quantitative estimate of drug-likeness (QED) is 0.138. The molecule has 297 valence electrons. The van der Waals surface area contributed by atoms with E-state index in [1.165, 1.54) is 37.7 Å². The van der Waals surface area contributed by atoms with Crippen molar-refractivity contribution in [3.05, 3.63) is 70.5 Å². The van der Waals surface area contributed by atoms with Crippen LogP contribution in [0.4, 0.5) is 4.79 Å². The van der Waals surface area contributed by atoms with Crippen LogP contribution in [0.15, 0.2) is 29.3 Å². The maximum atomic E-state index is 10.8. The van der Waals surface area contributed by atoms with Crippen LogP contribution in [0.1, 0.15) is 162 Å². The van der Waals surface area contributed by atoms with E-state index in [9.17, 15) is 25.5 Å². The summed E-state index contributed by atoms with van der Waals surface area (Å²) in [7, 11) is 0. The Balaban J connectivity index is 0. The maximum absolute atomic E-state index is 10.8. The Kier molecular flexibility index (Phi) is 21.4. The van der Waals surface area contributed by atoms with Gasteiger partial charge in [0.15, 0.2) is 0 Å². The van der Waals surface area contributed by atoms with Gasteiger partial charge in [0, 0.05) is 35.6 Å². The summed E-state index contributed by atoms with van der Waals surface area (Å²) >= 11 is 0. The van der Waals surface area contributed by atoms with Crippen LogP contribution < -0.4 is 5.11 Å². The summed E-state index contributed by atoms with van der Waals surface area (Å²) < 4.78 is 8.56. The van der Waals surface area contributed by atoms with E-state index in [-0.39, 0.29) is 58.2 Å². The van der Waals surface area contributed by atoms with E-state index < -0.39 is 6.16 Å². The van der Waals surface area contributed by atoms with Gasteiger partial charge in [0.2, 0.25) is 0 Å². The molecule has 9 heteroatoms. The van der Waals surface area contributed by atoms with Crippen molar-refractivity contribution in [2.45, 2.75) is 163 Å². The first-order chi connectivity index (χ1) is 22.8. The minimum absolute atomic E-state index is 0. The van der Waals surface area contributed by atoms with Crippen molar-refractivity contribution in [2.24, 2.45) is 4.99 Å². The first-order valence-electron chi connectivity index (χ1n) is 18.0. The zero-order chi connectivity index (χ0) is 38.7. The van der Waals surface area contributed by atoms with Gasteiger partial charge in [0.25, 0.3) is 6.16 Å². The number of hydrogen-bond acceptors (Lipinski definition) is 7. The molecule has 1 heterocycles. The van der Waals surface area contributed by atoms with Crippen molar-refractivity contribution in [3.8, 4) is 11.5 Å². The van der Waals surface area contributed by atoms with Crippen LogP contribution in [0, 0.1) is 7.43 Å². The van der Waals surface area contributed by atoms with Crippen LogP contribution >= 0.6 is 0 Å². The van der Waals surface area contributed by atoms with Crippen molar-refractivity contribution in [2.75, 3.05) is 13.2 Å². The van der Waals surface area contributed by atoms with Crippen molar-refractivity contribution in [1.29, 1.82) is 0 Å². The SMILES string of the molecule is CC(C)(C)c1cc(C=NC2CCCCC2)c(O)c(C(C)(C)C)c1.CC(C)(C)c1cc(C=[N-])c(O)c(C(C)(C)C)c1.CC1CO1.CCOC(=O)[O-].[CH3-].[Co+2]. The van der Waals surface area contributed by atoms with E-state index in [1.807, 2.05) is 18.3 Å². The van der Waals surface area contributed by atoms with E-state index in [0.29, 0.717) is 23.5 Å². The molecule has 8 nitrogen and oxygen atoms in total. The van der Waals surface area contributed by atoms with Crippen molar-refractivity contribution >= 4 is 18.6 Å². The molecule has 52 heavy (non-hydrogen) atoms. The van der Waals surface area contributed by atoms with Gasteiger partial charge in [-0.2, -0.15) is 6.21 Å². The van der Waals surface area contributed by atoms with Crippen molar-refractivity contribution in [1.82, 2.24) is 0 Å². The molecule has 4 rings (SSSR count). The van der Waals surface area contributed by atoms with Gasteiger partial charge >= 0.3 is 16.8 Å². The number of hydrogen-bond donors (Lipinski definition) is 2. The number of carboxylic acid groups (broad SMARTS) is 1. The molecule has 2 fully saturated rings. The summed E-state index contributed by atoms with van der Waals surface area (Å²) in [4.78, 5) is 14.0. The Bertz CT molecular complexity index is 1420. The van der Waals surface area contributed by atoms with Crippen molar-refractivity contribution in [3.63, 3.8) is 0 Å². The van der Waals surface area contributed by atoms with Crippen molar-refractivity contribution < 1.29 is 46.4 Å². The number of rotatable bonds is 4. The predicted octanol–water partition coefficient (Wildman–Crippen LogP) is 9.93. The number of carbonyl (C=O) groups excluding carboxylic acids is 1. The van der Waals surface area contributed by atoms with Crippen LogP contribution in [-0.2, 0) is 47.9 Å². The molecule has 2 N–H and O–H groups in total. The molecule has 0 spiro atoms. The molecule has 1 saturated carbocycles. The molecule has 1 radical (unpaired) electrons. The smallest absolute Gasteiger partial charge is 0.810 e. The third-order valence-electron chi connectivity index (χ3n) is 8.53. The van der Waals surface area contributed by atoms with Gasteiger partial charge in [-0.25, -0.2) is 0 Å². The summed E-state index contributed by atoms with van der Waals surface area (Å²) in [5, 5.41) is 39.4. The zero-order valence-corrected chi connectivity index (χ0v) is 35.9. The molecule has 1 aliphatic heterocycles. The number of phenols is 2. The monoisotopic (exact) mass is 768 g/mol. The average molecular weight is 769 g/mol. The van der Waals surface area contributed by atoms with Gasteiger partial charge in [-0.05, 0) is 77.2 Å². The molecule has 1 saturated heterocycles. The van der Waals surface area contributed by atoms with Crippen LogP contribution in [0.25, 0.3) is 5.41 Å². The number of ether oxygens (including phenoxy) is 2. The summed E-state index contributed by atoms with van der Waals surface area (Å²) in [6.45, 7) is 30.4. The van der Waals surface area contributed by atoms with E-state index in [2.05, 4.69) is 107 Å². The fourth-order valence-electron chi connectivity index (χ4n) is 5.15. The molecule has 1 unspecified atom stereocenters. The Morgan fingerprint density at radius 1 is 0.827 bits per heavy atom. The number of phenolic OH excluding ortho intramolecular Hbond substituents is 2. The van der Waals surface area contributed by atoms with Gasteiger partial charge < -0.3 is 42.4 Å². The molecule has 2 aromatic carbocycles.